The minimum Gasteiger partial charge on any atom is -0.338 e. The van der Waals surface area contributed by atoms with Gasteiger partial charge in [0.05, 0.1) is 0 Å². The smallest absolute Gasteiger partial charge is 0.293 e. The molecule has 0 aromatic carbocycles. The number of hydrogen-bond acceptors (Lipinski definition) is 4. The van der Waals surface area contributed by atoms with Gasteiger partial charge in [0.1, 0.15) is 5.82 Å². The second kappa shape index (κ2) is 5.60. The summed E-state index contributed by atoms with van der Waals surface area (Å²) in [6.45, 7) is 3.46. The zero-order valence-corrected chi connectivity index (χ0v) is 10.3. The monoisotopic (exact) mass is 225 g/mol. The predicted molar refractivity (Wildman–Crippen MR) is 61.3 cm³/mol. The Kier molecular flexibility index (Phi) is 4.42. The van der Waals surface area contributed by atoms with E-state index in [2.05, 4.69) is 15.2 Å². The molecule has 0 fully saturated rings. The van der Waals surface area contributed by atoms with Gasteiger partial charge in [-0.2, -0.15) is 0 Å². The van der Waals surface area contributed by atoms with E-state index >= 15 is 0 Å². The molecule has 1 heterocycles. The van der Waals surface area contributed by atoms with Crippen molar-refractivity contribution in [2.24, 2.45) is 0 Å². The first-order valence-electron chi connectivity index (χ1n) is 5.36. The average Bonchev–Trinajstić information content (AvgIpc) is 2.73. The molecule has 0 radical (unpaired) electrons. The maximum absolute atomic E-state index is 11.8. The lowest BCUT2D eigenvalue weighted by atomic mass is 10.4. The normalized spacial score (nSPS) is 10.8. The van der Waals surface area contributed by atoms with Gasteiger partial charge in [-0.3, -0.25) is 9.89 Å². The van der Waals surface area contributed by atoms with Gasteiger partial charge in [-0.15, -0.1) is 5.10 Å². The maximum atomic E-state index is 11.8. The number of nitrogens with zero attached hydrogens (tertiary/aromatic N) is 4. The SMILES string of the molecule is CCc1nc(C(=O)N(C)CCN(C)C)n[nH]1. The van der Waals surface area contributed by atoms with E-state index in [1.165, 1.54) is 0 Å². The largest absolute Gasteiger partial charge is 0.338 e. The van der Waals surface area contributed by atoms with E-state index in [1.807, 2.05) is 25.9 Å². The van der Waals surface area contributed by atoms with Crippen LogP contribution in [0.25, 0.3) is 0 Å². The Bertz CT molecular complexity index is 347. The molecular formula is C10H19N5O. The van der Waals surface area contributed by atoms with E-state index in [9.17, 15) is 4.79 Å². The topological polar surface area (TPSA) is 65.1 Å². The highest BCUT2D eigenvalue weighted by Gasteiger charge is 2.16. The Labute approximate surface area is 95.6 Å². The third-order valence-corrected chi connectivity index (χ3v) is 2.29. The van der Waals surface area contributed by atoms with Gasteiger partial charge in [-0.25, -0.2) is 4.98 Å². The molecule has 6 nitrogen and oxygen atoms in total. The first-order chi connectivity index (χ1) is 7.54. The van der Waals surface area contributed by atoms with Crippen molar-refractivity contribution in [3.63, 3.8) is 0 Å². The fraction of sp³-hybridized carbons (Fsp3) is 0.700. The predicted octanol–water partition coefficient (Wildman–Crippen LogP) is 0.000700. The molecule has 0 unspecified atom stereocenters. The van der Waals surface area contributed by atoms with Crippen LogP contribution >= 0.6 is 0 Å². The van der Waals surface area contributed by atoms with Gasteiger partial charge in [0.25, 0.3) is 5.91 Å². The van der Waals surface area contributed by atoms with Gasteiger partial charge >= 0.3 is 0 Å². The zero-order valence-electron chi connectivity index (χ0n) is 10.3. The summed E-state index contributed by atoms with van der Waals surface area (Å²) in [5, 5.41) is 6.63. The standard InChI is InChI=1S/C10H19N5O/c1-5-8-11-9(13-12-8)10(16)15(4)7-6-14(2)3/h5-7H2,1-4H3,(H,11,12,13). The summed E-state index contributed by atoms with van der Waals surface area (Å²) in [6.07, 6.45) is 0.752. The van der Waals surface area contributed by atoms with E-state index < -0.39 is 0 Å². The Balaban J connectivity index is 2.56. The van der Waals surface area contributed by atoms with Crippen molar-refractivity contribution in [2.75, 3.05) is 34.2 Å². The molecule has 1 amide bonds. The molecule has 0 bridgehead atoms. The van der Waals surface area contributed by atoms with Crippen LogP contribution in [0, 0.1) is 0 Å². The molecule has 1 N–H and O–H groups in total. The first kappa shape index (κ1) is 12.6. The third-order valence-electron chi connectivity index (χ3n) is 2.29. The molecule has 16 heavy (non-hydrogen) atoms. The quantitative estimate of drug-likeness (QED) is 0.766. The van der Waals surface area contributed by atoms with Crippen LogP contribution in [0.2, 0.25) is 0 Å². The summed E-state index contributed by atoms with van der Waals surface area (Å²) in [5.41, 5.74) is 0. The number of likely N-dealkylation sites (N-methyl/N-ethyl adjacent to an activating group) is 2. The molecular weight excluding hydrogens is 206 g/mol. The maximum Gasteiger partial charge on any atom is 0.293 e. The summed E-state index contributed by atoms with van der Waals surface area (Å²) in [6, 6.07) is 0. The van der Waals surface area contributed by atoms with E-state index in [1.54, 1.807) is 11.9 Å². The van der Waals surface area contributed by atoms with E-state index in [-0.39, 0.29) is 11.7 Å². The van der Waals surface area contributed by atoms with Crippen molar-refractivity contribution < 1.29 is 4.79 Å². The number of aryl methyl sites for hydroxylation is 1. The van der Waals surface area contributed by atoms with Crippen LogP contribution in [0.1, 0.15) is 23.4 Å². The summed E-state index contributed by atoms with van der Waals surface area (Å²) in [7, 11) is 5.70. The Morgan fingerprint density at radius 3 is 2.50 bits per heavy atom. The number of aromatic amines is 1. The number of H-pyrrole nitrogens is 1. The minimum atomic E-state index is -0.141. The molecule has 0 aliphatic carbocycles. The van der Waals surface area contributed by atoms with Crippen molar-refractivity contribution in [1.82, 2.24) is 25.0 Å². The van der Waals surface area contributed by atoms with Crippen LogP contribution in [0.3, 0.4) is 0 Å². The fourth-order valence-electron chi connectivity index (χ4n) is 1.17. The number of hydrogen-bond donors (Lipinski definition) is 1. The average molecular weight is 225 g/mol. The molecule has 0 aliphatic rings. The van der Waals surface area contributed by atoms with Crippen LogP contribution < -0.4 is 0 Å². The van der Waals surface area contributed by atoms with Crippen molar-refractivity contribution >= 4 is 5.91 Å². The number of aromatic nitrogens is 3. The molecule has 0 spiro atoms. The highest BCUT2D eigenvalue weighted by atomic mass is 16.2. The molecule has 0 saturated carbocycles. The Morgan fingerprint density at radius 1 is 1.31 bits per heavy atom. The summed E-state index contributed by atoms with van der Waals surface area (Å²) in [5.74, 6) is 0.847. The summed E-state index contributed by atoms with van der Waals surface area (Å²) in [4.78, 5) is 19.6. The van der Waals surface area contributed by atoms with Crippen molar-refractivity contribution in [2.45, 2.75) is 13.3 Å². The van der Waals surface area contributed by atoms with E-state index in [0.29, 0.717) is 6.54 Å². The molecule has 1 rings (SSSR count). The molecule has 0 aliphatic heterocycles. The molecule has 90 valence electrons. The Morgan fingerprint density at radius 2 is 2.00 bits per heavy atom. The lowest BCUT2D eigenvalue weighted by Gasteiger charge is -2.17. The van der Waals surface area contributed by atoms with Crippen molar-refractivity contribution in [3.05, 3.63) is 11.6 Å². The minimum absolute atomic E-state index is 0.141. The van der Waals surface area contributed by atoms with Crippen LogP contribution in [0.5, 0.6) is 0 Å². The van der Waals surface area contributed by atoms with Crippen LogP contribution in [0.15, 0.2) is 0 Å². The number of carbonyl (C=O) groups is 1. The fourth-order valence-corrected chi connectivity index (χ4v) is 1.17. The van der Waals surface area contributed by atoms with E-state index in [0.717, 1.165) is 18.8 Å². The van der Waals surface area contributed by atoms with Gasteiger partial charge in [-0.05, 0) is 14.1 Å². The highest BCUT2D eigenvalue weighted by Crippen LogP contribution is 1.98. The zero-order chi connectivity index (χ0) is 12.1. The second-order valence-electron chi connectivity index (χ2n) is 3.99. The van der Waals surface area contributed by atoms with Gasteiger partial charge in [0, 0.05) is 26.6 Å². The van der Waals surface area contributed by atoms with Crippen LogP contribution in [-0.4, -0.2) is 65.1 Å². The van der Waals surface area contributed by atoms with Crippen molar-refractivity contribution in [3.8, 4) is 0 Å². The van der Waals surface area contributed by atoms with Crippen molar-refractivity contribution in [1.29, 1.82) is 0 Å². The number of rotatable bonds is 5. The van der Waals surface area contributed by atoms with Gasteiger partial charge in [0.2, 0.25) is 5.82 Å². The van der Waals surface area contributed by atoms with Crippen LogP contribution in [0.4, 0.5) is 0 Å². The molecule has 0 saturated heterocycles. The molecule has 6 heteroatoms. The number of amides is 1. The van der Waals surface area contributed by atoms with Gasteiger partial charge in [-0.1, -0.05) is 6.92 Å². The number of nitrogens with one attached hydrogen (secondary N) is 1. The number of carbonyl (C=O) groups excluding carboxylic acids is 1. The highest BCUT2D eigenvalue weighted by molar-refractivity contribution is 5.90. The van der Waals surface area contributed by atoms with Crippen LogP contribution in [-0.2, 0) is 6.42 Å². The van der Waals surface area contributed by atoms with E-state index in [4.69, 9.17) is 0 Å². The third kappa shape index (κ3) is 3.30. The molecule has 1 aromatic heterocycles. The molecule has 0 atom stereocenters. The molecule has 1 aromatic rings. The first-order valence-corrected chi connectivity index (χ1v) is 5.36. The Hall–Kier alpha value is -1.43. The lowest BCUT2D eigenvalue weighted by Crippen LogP contribution is -2.34. The second-order valence-corrected chi connectivity index (χ2v) is 3.99. The summed E-state index contributed by atoms with van der Waals surface area (Å²) >= 11 is 0. The lowest BCUT2D eigenvalue weighted by molar-refractivity contribution is 0.0774. The van der Waals surface area contributed by atoms with Gasteiger partial charge in [0.15, 0.2) is 0 Å². The van der Waals surface area contributed by atoms with Gasteiger partial charge < -0.3 is 9.80 Å². The summed E-state index contributed by atoms with van der Waals surface area (Å²) < 4.78 is 0.